The summed E-state index contributed by atoms with van der Waals surface area (Å²) in [5.41, 5.74) is 0.170. The lowest BCUT2D eigenvalue weighted by Crippen LogP contribution is -2.34. The fraction of sp³-hybridized carbons (Fsp3) is 0.417. The Hall–Kier alpha value is -1.84. The molecular weight excluding hydrogens is 326 g/mol. The van der Waals surface area contributed by atoms with Gasteiger partial charge in [0.15, 0.2) is 11.8 Å². The molecule has 0 saturated carbocycles. The second-order valence-electron chi connectivity index (χ2n) is 4.22. The molecule has 1 amide bonds. The summed E-state index contributed by atoms with van der Waals surface area (Å²) in [6, 6.07) is 2.44. The van der Waals surface area contributed by atoms with Crippen molar-refractivity contribution in [3.05, 3.63) is 23.9 Å². The number of rotatable bonds is 5. The normalized spacial score (nSPS) is 14.9. The van der Waals surface area contributed by atoms with E-state index in [4.69, 9.17) is 0 Å². The van der Waals surface area contributed by atoms with Crippen LogP contribution in [0.3, 0.4) is 0 Å². The minimum Gasteiger partial charge on any atom is -0.471 e. The summed E-state index contributed by atoms with van der Waals surface area (Å²) in [6.45, 7) is -0.861. The Morgan fingerprint density at radius 3 is 2.77 bits per heavy atom. The predicted octanol–water partition coefficient (Wildman–Crippen LogP) is 2.19. The molecule has 0 aromatic carbocycles. The first-order chi connectivity index (χ1) is 10.4. The Morgan fingerprint density at radius 2 is 2.23 bits per heavy atom. The first-order valence-electron chi connectivity index (χ1n) is 6.12. The van der Waals surface area contributed by atoms with Crippen LogP contribution in [0.4, 0.5) is 17.6 Å². The van der Waals surface area contributed by atoms with Crippen LogP contribution in [-0.4, -0.2) is 47.3 Å². The molecule has 0 unspecified atom stereocenters. The third-order valence-corrected chi connectivity index (χ3v) is 3.43. The average Bonchev–Trinajstić information content (AvgIpc) is 2.98. The number of amides is 1. The van der Waals surface area contributed by atoms with E-state index in [1.807, 2.05) is 0 Å². The topological polar surface area (TPSA) is 63.6 Å². The van der Waals surface area contributed by atoms with Gasteiger partial charge in [-0.3, -0.25) is 9.79 Å². The molecule has 0 fully saturated rings. The fourth-order valence-corrected chi connectivity index (χ4v) is 2.14. The number of thioether (sulfide) groups is 1. The highest BCUT2D eigenvalue weighted by Crippen LogP contribution is 2.23. The zero-order valence-electron chi connectivity index (χ0n) is 11.1. The number of pyridine rings is 1. The van der Waals surface area contributed by atoms with E-state index in [1.54, 1.807) is 0 Å². The molecule has 0 bridgehead atoms. The van der Waals surface area contributed by atoms with Crippen LogP contribution < -0.4 is 10.1 Å². The molecule has 0 saturated heterocycles. The number of hydrogen-bond acceptors (Lipinski definition) is 5. The van der Waals surface area contributed by atoms with E-state index in [2.05, 4.69) is 20.0 Å². The second-order valence-corrected chi connectivity index (χ2v) is 5.31. The van der Waals surface area contributed by atoms with Gasteiger partial charge in [0.25, 0.3) is 5.91 Å². The monoisotopic (exact) mass is 337 g/mol. The molecule has 1 aliphatic heterocycles. The number of aliphatic imine (C=N–C) groups is 1. The van der Waals surface area contributed by atoms with Gasteiger partial charge >= 0.3 is 12.3 Å². The van der Waals surface area contributed by atoms with Gasteiger partial charge in [0.05, 0.1) is 12.1 Å². The van der Waals surface area contributed by atoms with E-state index in [1.165, 1.54) is 17.8 Å². The lowest BCUT2D eigenvalue weighted by atomic mass is 10.3. The Kier molecular flexibility index (Phi) is 5.22. The number of halogens is 4. The smallest absolute Gasteiger partial charge is 0.340 e. The quantitative estimate of drug-likeness (QED) is 0.837. The lowest BCUT2D eigenvalue weighted by Gasteiger charge is -2.15. The standard InChI is InChI=1S/C12H11F4N3O2S/c13-10(14)12(15,16)6-21-8-2-1-7(5-18-8)9(20)19-11-17-3-4-22-11/h1-2,5,10H,3-4,6H2,(H,17,19,20). The molecule has 0 radical (unpaired) electrons. The number of aromatic nitrogens is 1. The van der Waals surface area contributed by atoms with Gasteiger partial charge in [-0.15, -0.1) is 0 Å². The number of carbonyl (C=O) groups excluding carboxylic acids is 1. The van der Waals surface area contributed by atoms with Crippen molar-refractivity contribution in [3.8, 4) is 5.88 Å². The molecule has 1 aliphatic rings. The highest BCUT2D eigenvalue weighted by atomic mass is 32.2. The van der Waals surface area contributed by atoms with Crippen molar-refractivity contribution in [2.75, 3.05) is 18.9 Å². The zero-order chi connectivity index (χ0) is 16.2. The molecule has 22 heavy (non-hydrogen) atoms. The Balaban J connectivity index is 1.91. The van der Waals surface area contributed by atoms with Crippen LogP contribution in [-0.2, 0) is 0 Å². The Morgan fingerprint density at radius 1 is 1.45 bits per heavy atom. The van der Waals surface area contributed by atoms with Crippen LogP contribution >= 0.6 is 11.8 Å². The number of nitrogens with zero attached hydrogens (tertiary/aromatic N) is 2. The van der Waals surface area contributed by atoms with Crippen LogP contribution in [0.25, 0.3) is 0 Å². The minimum absolute atomic E-state index is 0.170. The highest BCUT2D eigenvalue weighted by Gasteiger charge is 2.41. The van der Waals surface area contributed by atoms with Crippen molar-refractivity contribution in [3.63, 3.8) is 0 Å². The molecule has 10 heteroatoms. The van der Waals surface area contributed by atoms with E-state index < -0.39 is 24.9 Å². The van der Waals surface area contributed by atoms with Crippen LogP contribution in [0.1, 0.15) is 10.4 Å². The van der Waals surface area contributed by atoms with Gasteiger partial charge in [0, 0.05) is 18.0 Å². The maximum absolute atomic E-state index is 12.7. The number of amidine groups is 1. The van der Waals surface area contributed by atoms with Crippen LogP contribution in [0.15, 0.2) is 23.3 Å². The van der Waals surface area contributed by atoms with Crippen LogP contribution in [0.5, 0.6) is 5.88 Å². The molecule has 2 rings (SSSR count). The van der Waals surface area contributed by atoms with Crippen molar-refractivity contribution in [1.29, 1.82) is 0 Å². The Labute approximate surface area is 127 Å². The second kappa shape index (κ2) is 6.95. The van der Waals surface area contributed by atoms with Gasteiger partial charge in [0.2, 0.25) is 5.88 Å². The third-order valence-electron chi connectivity index (χ3n) is 2.54. The van der Waals surface area contributed by atoms with Gasteiger partial charge in [-0.2, -0.15) is 8.78 Å². The molecular formula is C12H11F4N3O2S. The molecule has 2 heterocycles. The third kappa shape index (κ3) is 4.33. The predicted molar refractivity (Wildman–Crippen MR) is 72.9 cm³/mol. The van der Waals surface area contributed by atoms with Gasteiger partial charge in [-0.1, -0.05) is 11.8 Å². The lowest BCUT2D eigenvalue weighted by molar-refractivity contribution is -0.148. The minimum atomic E-state index is -4.25. The van der Waals surface area contributed by atoms with Crippen LogP contribution in [0.2, 0.25) is 0 Å². The summed E-state index contributed by atoms with van der Waals surface area (Å²) in [5.74, 6) is -4.19. The van der Waals surface area contributed by atoms with Crippen molar-refractivity contribution in [2.45, 2.75) is 12.3 Å². The van der Waals surface area contributed by atoms with E-state index in [9.17, 15) is 22.4 Å². The first-order valence-corrected chi connectivity index (χ1v) is 7.10. The van der Waals surface area contributed by atoms with Gasteiger partial charge in [-0.25, -0.2) is 13.8 Å². The number of alkyl halides is 4. The molecule has 0 spiro atoms. The number of ether oxygens (including phenoxy) is 1. The summed E-state index contributed by atoms with van der Waals surface area (Å²) >= 11 is 1.40. The van der Waals surface area contributed by atoms with Crippen molar-refractivity contribution in [1.82, 2.24) is 10.3 Å². The molecule has 0 aliphatic carbocycles. The molecule has 1 N–H and O–H groups in total. The van der Waals surface area contributed by atoms with Gasteiger partial charge in [-0.05, 0) is 6.07 Å². The number of nitrogens with one attached hydrogen (secondary N) is 1. The summed E-state index contributed by atoms with van der Waals surface area (Å²) in [7, 11) is 0. The summed E-state index contributed by atoms with van der Waals surface area (Å²) < 4.78 is 53.8. The molecule has 120 valence electrons. The molecule has 1 aromatic heterocycles. The highest BCUT2D eigenvalue weighted by molar-refractivity contribution is 8.14. The summed E-state index contributed by atoms with van der Waals surface area (Å²) in [5, 5.41) is 3.06. The summed E-state index contributed by atoms with van der Waals surface area (Å²) in [6.07, 6.45) is -2.71. The SMILES string of the molecule is O=C(NC1=NCCS1)c1ccc(OCC(F)(F)C(F)F)nc1. The Bertz CT molecular complexity index is 566. The summed E-state index contributed by atoms with van der Waals surface area (Å²) in [4.78, 5) is 19.5. The van der Waals surface area contributed by atoms with Gasteiger partial charge in [0.1, 0.15) is 0 Å². The van der Waals surface area contributed by atoms with Crippen molar-refractivity contribution >= 4 is 22.8 Å². The van der Waals surface area contributed by atoms with Crippen molar-refractivity contribution in [2.24, 2.45) is 4.99 Å². The largest absolute Gasteiger partial charge is 0.471 e. The van der Waals surface area contributed by atoms with E-state index in [-0.39, 0.29) is 11.4 Å². The maximum atomic E-state index is 12.7. The van der Waals surface area contributed by atoms with Crippen LogP contribution in [0, 0.1) is 0 Å². The van der Waals surface area contributed by atoms with E-state index in [0.717, 1.165) is 18.0 Å². The van der Waals surface area contributed by atoms with Crippen molar-refractivity contribution < 1.29 is 27.1 Å². The molecule has 5 nitrogen and oxygen atoms in total. The van der Waals surface area contributed by atoms with Gasteiger partial charge < -0.3 is 10.1 Å². The van der Waals surface area contributed by atoms with E-state index >= 15 is 0 Å². The zero-order valence-corrected chi connectivity index (χ0v) is 11.9. The maximum Gasteiger partial charge on any atom is 0.340 e. The number of carbonyl (C=O) groups is 1. The average molecular weight is 337 g/mol. The molecule has 1 aromatic rings. The number of hydrogen-bond donors (Lipinski definition) is 1. The fourth-order valence-electron chi connectivity index (χ4n) is 1.41. The molecule has 0 atom stereocenters. The first kappa shape index (κ1) is 16.5. The van der Waals surface area contributed by atoms with E-state index in [0.29, 0.717) is 11.7 Å².